The molecule has 0 aromatic heterocycles. The molecule has 0 amide bonds. The normalized spacial score (nSPS) is 12.2. The van der Waals surface area contributed by atoms with Crippen molar-refractivity contribution in [2.24, 2.45) is 0 Å². The predicted molar refractivity (Wildman–Crippen MR) is 142 cm³/mol. The number of nitrogen functional groups attached to an aromatic ring is 2. The van der Waals surface area contributed by atoms with Crippen LogP contribution < -0.4 is 20.9 Å². The highest BCUT2D eigenvalue weighted by atomic mass is 32.3. The Balaban J connectivity index is 0.000000892. The second kappa shape index (κ2) is 12.2. The minimum absolute atomic E-state index is 0.0546. The summed E-state index contributed by atoms with van der Waals surface area (Å²) in [6.07, 6.45) is -11.4. The third-order valence-corrected chi connectivity index (χ3v) is 5.66. The summed E-state index contributed by atoms with van der Waals surface area (Å²) in [6.45, 7) is 0. The summed E-state index contributed by atoms with van der Waals surface area (Å²) < 4.78 is 129. The lowest BCUT2D eigenvalue weighted by atomic mass is 9.73. The van der Waals surface area contributed by atoms with Gasteiger partial charge in [0, 0.05) is 11.4 Å². The monoisotopic (exact) mass is 616 g/mol. The average molecular weight is 617 g/mol. The van der Waals surface area contributed by atoms with Gasteiger partial charge >= 0.3 is 22.8 Å². The van der Waals surface area contributed by atoms with Gasteiger partial charge in [0.25, 0.3) is 0 Å². The van der Waals surface area contributed by atoms with Crippen LogP contribution in [0.2, 0.25) is 0 Å². The Hall–Kier alpha value is -4.47. The van der Waals surface area contributed by atoms with Crippen LogP contribution in [0, 0.1) is 0 Å². The molecule has 8 nitrogen and oxygen atoms in total. The Labute approximate surface area is 235 Å². The fraction of sp³-hybridized carbons (Fsp3) is 0.111. The molecular weight excluding hydrogens is 594 g/mol. The molecule has 224 valence electrons. The quantitative estimate of drug-likeness (QED) is 0.101. The van der Waals surface area contributed by atoms with Crippen LogP contribution in [0.1, 0.15) is 11.1 Å². The van der Waals surface area contributed by atoms with Gasteiger partial charge in [-0.2, -0.15) is 34.8 Å². The van der Waals surface area contributed by atoms with E-state index < -0.39 is 39.3 Å². The van der Waals surface area contributed by atoms with E-state index in [1.807, 2.05) is 0 Å². The fourth-order valence-corrected chi connectivity index (χ4v) is 3.87. The lowest BCUT2D eigenvalue weighted by Crippen LogP contribution is -2.54. The average Bonchev–Trinajstić information content (AvgIpc) is 2.86. The highest BCUT2D eigenvalue weighted by Crippen LogP contribution is 2.56. The maximum atomic E-state index is 14.4. The number of benzene rings is 4. The second-order valence-electron chi connectivity index (χ2n) is 8.58. The maximum absolute atomic E-state index is 14.4. The summed E-state index contributed by atoms with van der Waals surface area (Å²) in [5.74, 6) is 0.742. The van der Waals surface area contributed by atoms with E-state index in [9.17, 15) is 26.3 Å². The topological polar surface area (TPSA) is 145 Å². The second-order valence-corrected chi connectivity index (χ2v) is 9.48. The Morgan fingerprint density at radius 3 is 0.929 bits per heavy atom. The van der Waals surface area contributed by atoms with E-state index in [1.54, 1.807) is 24.3 Å². The Morgan fingerprint density at radius 2 is 0.714 bits per heavy atom. The standard InChI is InChI=1S/C27H20F6N2O2.H2O4S/c28-26(29,30)25(27(31,32)33,17-1-9-21(10-2-17)36-23-13-5-19(34)6-14-23)18-3-11-22(12-4-18)37-24-15-7-20(35)8-16-24;1-5(2,3)4/h1-16H,34-35H2;(H2,1,2,3,4). The summed E-state index contributed by atoms with van der Waals surface area (Å²) in [5.41, 5.74) is 5.81. The minimum atomic E-state index is -5.72. The van der Waals surface area contributed by atoms with Gasteiger partial charge in [0.15, 0.2) is 0 Å². The van der Waals surface area contributed by atoms with Gasteiger partial charge in [-0.05, 0) is 83.9 Å². The minimum Gasteiger partial charge on any atom is -0.457 e. The molecule has 0 spiro atoms. The number of hydrogen-bond donors (Lipinski definition) is 4. The number of ether oxygens (including phenoxy) is 2. The van der Waals surface area contributed by atoms with Crippen molar-refractivity contribution in [2.75, 3.05) is 11.5 Å². The van der Waals surface area contributed by atoms with E-state index in [1.165, 1.54) is 24.3 Å². The fourth-order valence-electron chi connectivity index (χ4n) is 3.87. The molecule has 4 aromatic rings. The van der Waals surface area contributed by atoms with E-state index >= 15 is 0 Å². The maximum Gasteiger partial charge on any atom is 0.411 e. The van der Waals surface area contributed by atoms with E-state index in [-0.39, 0.29) is 11.5 Å². The van der Waals surface area contributed by atoms with Gasteiger partial charge < -0.3 is 20.9 Å². The van der Waals surface area contributed by atoms with Crippen molar-refractivity contribution < 1.29 is 53.3 Å². The first-order chi connectivity index (χ1) is 19.4. The molecule has 15 heteroatoms. The zero-order valence-electron chi connectivity index (χ0n) is 21.1. The van der Waals surface area contributed by atoms with Gasteiger partial charge in [-0.3, -0.25) is 9.11 Å². The van der Waals surface area contributed by atoms with E-state index in [0.717, 1.165) is 48.5 Å². The molecule has 0 heterocycles. The molecule has 42 heavy (non-hydrogen) atoms. The SMILES string of the molecule is Nc1ccc(Oc2ccc(C(c3ccc(Oc4ccc(N)cc4)cc3)(C(F)(F)F)C(F)(F)F)cc2)cc1.O=S(=O)(O)O. The molecule has 0 bridgehead atoms. The van der Waals surface area contributed by atoms with Crippen molar-refractivity contribution in [1.82, 2.24) is 0 Å². The van der Waals surface area contributed by atoms with Gasteiger partial charge in [-0.1, -0.05) is 24.3 Å². The zero-order chi connectivity index (χ0) is 31.3. The molecular formula is C27H22F6N2O6S. The van der Waals surface area contributed by atoms with Gasteiger partial charge in [-0.25, -0.2) is 0 Å². The summed E-state index contributed by atoms with van der Waals surface area (Å²) in [5, 5.41) is 0. The number of nitrogens with two attached hydrogens (primary N) is 2. The van der Waals surface area contributed by atoms with E-state index in [4.69, 9.17) is 38.5 Å². The summed E-state index contributed by atoms with van der Waals surface area (Å²) >= 11 is 0. The van der Waals surface area contributed by atoms with Crippen LogP contribution in [0.25, 0.3) is 0 Å². The smallest absolute Gasteiger partial charge is 0.411 e. The third kappa shape index (κ3) is 7.84. The first kappa shape index (κ1) is 32.0. The number of alkyl halides is 6. The highest BCUT2D eigenvalue weighted by Gasteiger charge is 2.72. The van der Waals surface area contributed by atoms with Crippen LogP contribution in [-0.2, 0) is 15.8 Å². The molecule has 0 radical (unpaired) electrons. The van der Waals surface area contributed by atoms with Gasteiger partial charge in [-0.15, -0.1) is 0 Å². The molecule has 6 N–H and O–H groups in total. The van der Waals surface area contributed by atoms with Crippen molar-refractivity contribution in [3.63, 3.8) is 0 Å². The van der Waals surface area contributed by atoms with Crippen LogP contribution in [0.15, 0.2) is 97.1 Å². The van der Waals surface area contributed by atoms with Crippen molar-refractivity contribution in [2.45, 2.75) is 17.8 Å². The molecule has 0 aliphatic carbocycles. The Morgan fingerprint density at radius 1 is 0.500 bits per heavy atom. The van der Waals surface area contributed by atoms with Gasteiger partial charge in [0.05, 0.1) is 0 Å². The lowest BCUT2D eigenvalue weighted by molar-refractivity contribution is -0.288. The number of halogens is 6. The molecule has 0 fully saturated rings. The molecule has 4 rings (SSSR count). The van der Waals surface area contributed by atoms with Crippen molar-refractivity contribution in [1.29, 1.82) is 0 Å². The summed E-state index contributed by atoms with van der Waals surface area (Å²) in [7, 11) is -4.67. The molecule has 0 unspecified atom stereocenters. The summed E-state index contributed by atoms with van der Waals surface area (Å²) in [4.78, 5) is 0. The number of hydrogen-bond acceptors (Lipinski definition) is 6. The molecule has 0 saturated carbocycles. The van der Waals surface area contributed by atoms with Crippen molar-refractivity contribution in [3.8, 4) is 23.0 Å². The molecule has 0 aliphatic heterocycles. The predicted octanol–water partition coefficient (Wildman–Crippen LogP) is 7.19. The molecule has 0 aliphatic rings. The van der Waals surface area contributed by atoms with Crippen LogP contribution in [0.4, 0.5) is 37.7 Å². The van der Waals surface area contributed by atoms with E-state index in [2.05, 4.69) is 0 Å². The van der Waals surface area contributed by atoms with Crippen LogP contribution in [0.3, 0.4) is 0 Å². The van der Waals surface area contributed by atoms with Gasteiger partial charge in [0.1, 0.15) is 23.0 Å². The third-order valence-electron chi connectivity index (χ3n) is 5.66. The molecule has 0 saturated heterocycles. The first-order valence-corrected chi connectivity index (χ1v) is 12.9. The molecule has 0 atom stereocenters. The zero-order valence-corrected chi connectivity index (χ0v) is 21.9. The molecule has 4 aromatic carbocycles. The van der Waals surface area contributed by atoms with Gasteiger partial charge in [0.2, 0.25) is 5.41 Å². The Kier molecular flexibility index (Phi) is 9.29. The number of rotatable bonds is 6. The van der Waals surface area contributed by atoms with Crippen molar-refractivity contribution in [3.05, 3.63) is 108 Å². The van der Waals surface area contributed by atoms with Crippen LogP contribution >= 0.6 is 0 Å². The Bertz CT molecular complexity index is 1460. The van der Waals surface area contributed by atoms with Crippen molar-refractivity contribution >= 4 is 21.8 Å². The highest BCUT2D eigenvalue weighted by molar-refractivity contribution is 7.79. The summed E-state index contributed by atoms with van der Waals surface area (Å²) in [6, 6.07) is 19.5. The van der Waals surface area contributed by atoms with Crippen LogP contribution in [-0.4, -0.2) is 29.9 Å². The largest absolute Gasteiger partial charge is 0.457 e. The first-order valence-electron chi connectivity index (χ1n) is 11.5. The number of anilines is 2. The lowest BCUT2D eigenvalue weighted by Gasteiger charge is -2.38. The van der Waals surface area contributed by atoms with E-state index in [0.29, 0.717) is 22.9 Å². The van der Waals surface area contributed by atoms with Crippen LogP contribution in [0.5, 0.6) is 23.0 Å².